The molecule has 1 atom stereocenters. The van der Waals surface area contributed by atoms with Crippen LogP contribution in [0.1, 0.15) is 64.1 Å². The van der Waals surface area contributed by atoms with Crippen molar-refractivity contribution >= 4 is 23.4 Å². The van der Waals surface area contributed by atoms with Gasteiger partial charge in [0.25, 0.3) is 0 Å². The lowest BCUT2D eigenvalue weighted by atomic mass is 10.0. The lowest BCUT2D eigenvalue weighted by molar-refractivity contribution is -0.113. The highest BCUT2D eigenvalue weighted by Gasteiger charge is 2.23. The summed E-state index contributed by atoms with van der Waals surface area (Å²) in [4.78, 5) is 12.3. The molecule has 0 aliphatic carbocycles. The number of rotatable bonds is 9. The zero-order valence-corrected chi connectivity index (χ0v) is 20.1. The van der Waals surface area contributed by atoms with E-state index in [1.165, 1.54) is 6.07 Å². The van der Waals surface area contributed by atoms with E-state index in [9.17, 15) is 13.6 Å². The van der Waals surface area contributed by atoms with Gasteiger partial charge < -0.3 is 14.6 Å². The summed E-state index contributed by atoms with van der Waals surface area (Å²) in [6.45, 7) is 10.1. The number of hydrogen-bond acceptors (Lipinski definition) is 5. The molecule has 176 valence electrons. The van der Waals surface area contributed by atoms with Gasteiger partial charge in [-0.3, -0.25) is 4.79 Å². The SMILES string of the molecule is CC(C)c1ccccc1OC(C)c1nnc(SCC(=O)Nc2c(F)cccc2F)n1C(C)C. The summed E-state index contributed by atoms with van der Waals surface area (Å²) in [5.41, 5.74) is 0.645. The predicted molar refractivity (Wildman–Crippen MR) is 126 cm³/mol. The number of benzene rings is 2. The first-order chi connectivity index (χ1) is 15.7. The Morgan fingerprint density at radius 2 is 1.70 bits per heavy atom. The molecule has 0 saturated carbocycles. The topological polar surface area (TPSA) is 69.0 Å². The van der Waals surface area contributed by atoms with Crippen LogP contribution in [-0.2, 0) is 4.79 Å². The number of carbonyl (C=O) groups excluding carboxylic acids is 1. The zero-order valence-electron chi connectivity index (χ0n) is 19.3. The van der Waals surface area contributed by atoms with Gasteiger partial charge in [0.05, 0.1) is 5.75 Å². The Labute approximate surface area is 196 Å². The number of nitrogens with zero attached hydrogens (tertiary/aromatic N) is 3. The molecule has 0 radical (unpaired) electrons. The number of halogens is 2. The van der Waals surface area contributed by atoms with Crippen molar-refractivity contribution in [3.05, 3.63) is 65.5 Å². The molecule has 2 aromatic carbocycles. The fourth-order valence-electron chi connectivity index (χ4n) is 3.38. The van der Waals surface area contributed by atoms with Crippen molar-refractivity contribution in [1.29, 1.82) is 0 Å². The first-order valence-electron chi connectivity index (χ1n) is 10.8. The van der Waals surface area contributed by atoms with E-state index in [0.717, 1.165) is 35.2 Å². The summed E-state index contributed by atoms with van der Waals surface area (Å²) in [5.74, 6) is -0.545. The van der Waals surface area contributed by atoms with Crippen LogP contribution in [0.4, 0.5) is 14.5 Å². The average Bonchev–Trinajstić information content (AvgIpc) is 3.20. The molecule has 0 bridgehead atoms. The largest absolute Gasteiger partial charge is 0.482 e. The molecule has 3 rings (SSSR count). The number of anilines is 1. The Morgan fingerprint density at radius 1 is 1.03 bits per heavy atom. The van der Waals surface area contributed by atoms with Gasteiger partial charge >= 0.3 is 0 Å². The quantitative estimate of drug-likeness (QED) is 0.378. The monoisotopic (exact) mass is 474 g/mol. The Hall–Kier alpha value is -2.94. The summed E-state index contributed by atoms with van der Waals surface area (Å²) in [6, 6.07) is 11.3. The Bertz CT molecular complexity index is 1100. The van der Waals surface area contributed by atoms with Crippen LogP contribution in [0.25, 0.3) is 0 Å². The molecule has 1 amide bonds. The maximum Gasteiger partial charge on any atom is 0.235 e. The van der Waals surface area contributed by atoms with Crippen LogP contribution in [0, 0.1) is 11.6 Å². The lowest BCUT2D eigenvalue weighted by Gasteiger charge is -2.21. The molecular formula is C24H28F2N4O2S. The first-order valence-corrected chi connectivity index (χ1v) is 11.7. The van der Waals surface area contributed by atoms with Gasteiger partial charge in [-0.05, 0) is 50.5 Å². The van der Waals surface area contributed by atoms with Gasteiger partial charge in [-0.25, -0.2) is 8.78 Å². The third-order valence-corrected chi connectivity index (χ3v) is 5.92. The maximum absolute atomic E-state index is 13.8. The van der Waals surface area contributed by atoms with E-state index < -0.39 is 23.2 Å². The van der Waals surface area contributed by atoms with Crippen molar-refractivity contribution in [2.24, 2.45) is 0 Å². The van der Waals surface area contributed by atoms with Crippen molar-refractivity contribution < 1.29 is 18.3 Å². The third-order valence-electron chi connectivity index (χ3n) is 4.98. The number of para-hydroxylation sites is 2. The van der Waals surface area contributed by atoms with E-state index in [4.69, 9.17) is 4.74 Å². The van der Waals surface area contributed by atoms with Crippen molar-refractivity contribution in [3.8, 4) is 5.75 Å². The van der Waals surface area contributed by atoms with E-state index in [0.29, 0.717) is 16.9 Å². The highest BCUT2D eigenvalue weighted by atomic mass is 32.2. The summed E-state index contributed by atoms with van der Waals surface area (Å²) in [7, 11) is 0. The van der Waals surface area contributed by atoms with Gasteiger partial charge in [-0.15, -0.1) is 10.2 Å². The minimum Gasteiger partial charge on any atom is -0.482 e. The smallest absolute Gasteiger partial charge is 0.235 e. The molecule has 3 aromatic rings. The highest BCUT2D eigenvalue weighted by molar-refractivity contribution is 7.99. The van der Waals surface area contributed by atoms with E-state index in [-0.39, 0.29) is 17.9 Å². The second-order valence-electron chi connectivity index (χ2n) is 8.19. The third kappa shape index (κ3) is 5.90. The van der Waals surface area contributed by atoms with Gasteiger partial charge in [0.2, 0.25) is 5.91 Å². The van der Waals surface area contributed by atoms with Crippen molar-refractivity contribution in [2.75, 3.05) is 11.1 Å². The minimum atomic E-state index is -0.825. The zero-order chi connectivity index (χ0) is 24.1. The van der Waals surface area contributed by atoms with Crippen LogP contribution in [0.15, 0.2) is 47.6 Å². The Balaban J connectivity index is 1.74. The van der Waals surface area contributed by atoms with E-state index in [1.54, 1.807) is 0 Å². The maximum atomic E-state index is 13.8. The molecule has 0 aliphatic rings. The van der Waals surface area contributed by atoms with Gasteiger partial charge in [-0.2, -0.15) is 0 Å². The Kier molecular flexibility index (Phi) is 8.07. The standard InChI is InChI=1S/C24H28F2N4O2S/c1-14(2)17-9-6-7-12-20(17)32-16(5)23-28-29-24(30(23)15(3)4)33-13-21(31)27-22-18(25)10-8-11-19(22)26/h6-12,14-16H,13H2,1-5H3,(H,27,31). The second kappa shape index (κ2) is 10.8. The number of ether oxygens (including phenoxy) is 1. The highest BCUT2D eigenvalue weighted by Crippen LogP contribution is 2.32. The first kappa shape index (κ1) is 24.7. The summed E-state index contributed by atoms with van der Waals surface area (Å²) < 4.78 is 35.7. The van der Waals surface area contributed by atoms with Crippen LogP contribution in [-0.4, -0.2) is 26.4 Å². The predicted octanol–water partition coefficient (Wildman–Crippen LogP) is 6.13. The molecular weight excluding hydrogens is 446 g/mol. The second-order valence-corrected chi connectivity index (χ2v) is 9.13. The molecule has 1 heterocycles. The van der Waals surface area contributed by atoms with Crippen molar-refractivity contribution in [1.82, 2.24) is 14.8 Å². The fraction of sp³-hybridized carbons (Fsp3) is 0.375. The average molecular weight is 475 g/mol. The van der Waals surface area contributed by atoms with Gasteiger partial charge in [0.1, 0.15) is 23.1 Å². The van der Waals surface area contributed by atoms with E-state index in [1.807, 2.05) is 49.6 Å². The fourth-order valence-corrected chi connectivity index (χ4v) is 4.25. The molecule has 0 saturated heterocycles. The number of thioether (sulfide) groups is 1. The van der Waals surface area contributed by atoms with Crippen LogP contribution in [0.5, 0.6) is 5.75 Å². The van der Waals surface area contributed by atoms with Crippen molar-refractivity contribution in [3.63, 3.8) is 0 Å². The molecule has 1 aromatic heterocycles. The number of hydrogen-bond donors (Lipinski definition) is 1. The number of aromatic nitrogens is 3. The molecule has 33 heavy (non-hydrogen) atoms. The van der Waals surface area contributed by atoms with Gasteiger partial charge in [-0.1, -0.05) is 49.9 Å². The molecule has 1 N–H and O–H groups in total. The molecule has 0 aliphatic heterocycles. The number of carbonyl (C=O) groups is 1. The van der Waals surface area contributed by atoms with Crippen LogP contribution in [0.3, 0.4) is 0 Å². The van der Waals surface area contributed by atoms with E-state index in [2.05, 4.69) is 29.4 Å². The lowest BCUT2D eigenvalue weighted by Crippen LogP contribution is -2.18. The number of nitrogens with one attached hydrogen (secondary N) is 1. The normalized spacial score (nSPS) is 12.3. The summed E-state index contributed by atoms with van der Waals surface area (Å²) in [5, 5.41) is 11.4. The molecule has 1 unspecified atom stereocenters. The van der Waals surface area contributed by atoms with Crippen LogP contribution < -0.4 is 10.1 Å². The molecule has 0 spiro atoms. The minimum absolute atomic E-state index is 0.0102. The van der Waals surface area contributed by atoms with E-state index >= 15 is 0 Å². The molecule has 0 fully saturated rings. The number of amides is 1. The van der Waals surface area contributed by atoms with Gasteiger partial charge in [0, 0.05) is 6.04 Å². The summed E-state index contributed by atoms with van der Waals surface area (Å²) >= 11 is 1.14. The molecule has 6 nitrogen and oxygen atoms in total. The van der Waals surface area contributed by atoms with Crippen LogP contribution >= 0.6 is 11.8 Å². The van der Waals surface area contributed by atoms with Crippen molar-refractivity contribution in [2.45, 2.75) is 57.8 Å². The van der Waals surface area contributed by atoms with Gasteiger partial charge in [0.15, 0.2) is 17.1 Å². The molecule has 9 heteroatoms. The Morgan fingerprint density at radius 3 is 2.33 bits per heavy atom. The van der Waals surface area contributed by atoms with Crippen LogP contribution in [0.2, 0.25) is 0 Å². The summed E-state index contributed by atoms with van der Waals surface area (Å²) in [6.07, 6.45) is -0.379.